The van der Waals surface area contributed by atoms with Crippen LogP contribution >= 0.6 is 6.72 Å². The van der Waals surface area contributed by atoms with E-state index in [9.17, 15) is 0 Å². The Morgan fingerprint density at radius 3 is 1.40 bits per heavy atom. The van der Waals surface area contributed by atoms with Crippen LogP contribution in [0.25, 0.3) is 0 Å². The maximum absolute atomic E-state index is 8.87. The second-order valence-corrected chi connectivity index (χ2v) is 8.23. The van der Waals surface area contributed by atoms with Crippen LogP contribution < -0.4 is 0 Å². The molecule has 0 aromatic carbocycles. The summed E-state index contributed by atoms with van der Waals surface area (Å²) in [6, 6.07) is 0. The van der Waals surface area contributed by atoms with Gasteiger partial charge in [-0.1, -0.05) is 84.0 Å². The van der Waals surface area contributed by atoms with Crippen LogP contribution in [-0.4, -0.2) is 16.4 Å². The molecule has 122 valence electrons. The molecule has 0 radical (unpaired) electrons. The highest BCUT2D eigenvalue weighted by Gasteiger charge is 2.06. The summed E-state index contributed by atoms with van der Waals surface area (Å²) in [7, 11) is 0. The molecule has 0 atom stereocenters. The lowest BCUT2D eigenvalue weighted by Crippen LogP contribution is -1.92. The number of hydrogen-bond acceptors (Lipinski definition) is 2. The summed E-state index contributed by atoms with van der Waals surface area (Å²) in [6.07, 6.45) is 16.9. The lowest BCUT2D eigenvalue weighted by molar-refractivity contribution is 0.245. The summed E-state index contributed by atoms with van der Waals surface area (Å²) >= 11 is 4.38. The topological polar surface area (TPSA) is 49.7 Å². The molecule has 0 aromatic rings. The Hall–Kier alpha value is 0.530. The van der Waals surface area contributed by atoms with Gasteiger partial charge in [-0.2, -0.15) is 0 Å². The first-order valence-corrected chi connectivity index (χ1v) is 10.9. The minimum Gasteiger partial charge on any atom is -0.325 e. The van der Waals surface area contributed by atoms with Crippen molar-refractivity contribution in [3.8, 4) is 0 Å². The molecule has 0 aromatic heterocycles. The predicted molar refractivity (Wildman–Crippen MR) is 90.4 cm³/mol. The average Bonchev–Trinajstić information content (AvgIpc) is 2.38. The van der Waals surface area contributed by atoms with Gasteiger partial charge in [0.15, 0.2) is 0 Å². The molecule has 5 heteroatoms. The van der Waals surface area contributed by atoms with E-state index in [1.54, 1.807) is 0 Å². The van der Waals surface area contributed by atoms with Crippen molar-refractivity contribution in [1.29, 1.82) is 0 Å². The van der Waals surface area contributed by atoms with Crippen LogP contribution in [-0.2, 0) is 16.3 Å². The largest absolute Gasteiger partial charge is 0.325 e. The normalized spacial score (nSPS) is 11.9. The van der Waals surface area contributed by atoms with Crippen LogP contribution in [0.4, 0.5) is 0 Å². The van der Waals surface area contributed by atoms with Gasteiger partial charge in [0.1, 0.15) is 0 Å². The van der Waals surface area contributed by atoms with Crippen molar-refractivity contribution in [3.05, 3.63) is 0 Å². The molecule has 0 aliphatic carbocycles. The second kappa shape index (κ2) is 14.5. The van der Waals surface area contributed by atoms with Gasteiger partial charge in [-0.05, 0) is 18.2 Å². The van der Waals surface area contributed by atoms with Gasteiger partial charge >= 0.3 is 6.72 Å². The molecule has 0 spiro atoms. The first-order valence-electron chi connectivity index (χ1n) is 8.26. The second-order valence-electron chi connectivity index (χ2n) is 5.57. The van der Waals surface area contributed by atoms with E-state index in [2.05, 4.69) is 18.7 Å². The molecule has 0 amide bonds. The number of unbranched alkanes of at least 4 members (excludes halogenated alkanes) is 12. The monoisotopic (exact) mass is 324 g/mol. The lowest BCUT2D eigenvalue weighted by Gasteiger charge is -2.07. The molecule has 0 heterocycles. The van der Waals surface area contributed by atoms with Crippen molar-refractivity contribution >= 4 is 18.5 Å². The molecule has 0 fully saturated rings. The predicted octanol–water partition coefficient (Wildman–Crippen LogP) is 5.30. The van der Waals surface area contributed by atoms with E-state index in [0.29, 0.717) is 6.61 Å². The maximum atomic E-state index is 8.87. The number of hydrogen-bond donors (Lipinski definition) is 2. The standard InChI is InChI=1S/C15H33O3PS/c1-2-3-4-5-6-7-8-9-10-11-12-13-14-15-18-19(16,17)20/h2-15H2,1H3,(H2,16,17,20). The van der Waals surface area contributed by atoms with Gasteiger partial charge in [-0.15, -0.1) is 0 Å². The fourth-order valence-electron chi connectivity index (χ4n) is 2.30. The third-order valence-electron chi connectivity index (χ3n) is 3.51. The van der Waals surface area contributed by atoms with Crippen LogP contribution in [0.1, 0.15) is 90.4 Å². The maximum Gasteiger partial charge on any atom is 0.321 e. The Morgan fingerprint density at radius 1 is 0.700 bits per heavy atom. The van der Waals surface area contributed by atoms with Crippen molar-refractivity contribution in [2.24, 2.45) is 0 Å². The molecule has 0 unspecified atom stereocenters. The Morgan fingerprint density at radius 2 is 1.05 bits per heavy atom. The zero-order valence-corrected chi connectivity index (χ0v) is 14.8. The van der Waals surface area contributed by atoms with Crippen LogP contribution in [0.2, 0.25) is 0 Å². The van der Waals surface area contributed by atoms with E-state index in [4.69, 9.17) is 14.3 Å². The van der Waals surface area contributed by atoms with Gasteiger partial charge in [-0.25, -0.2) is 0 Å². The fraction of sp³-hybridized carbons (Fsp3) is 1.00. The summed E-state index contributed by atoms with van der Waals surface area (Å²) in [6.45, 7) is -0.781. The van der Waals surface area contributed by atoms with Crippen molar-refractivity contribution in [2.45, 2.75) is 90.4 Å². The van der Waals surface area contributed by atoms with E-state index in [1.807, 2.05) is 0 Å². The molecule has 0 saturated heterocycles. The molecule has 0 rings (SSSR count). The summed E-state index contributed by atoms with van der Waals surface area (Å²) in [5.41, 5.74) is 0. The average molecular weight is 324 g/mol. The SMILES string of the molecule is CCCCCCCCCCCCCCCOP(O)(O)=S. The molecule has 0 aliphatic heterocycles. The molecule has 0 aliphatic rings. The van der Waals surface area contributed by atoms with E-state index < -0.39 is 6.72 Å². The third kappa shape index (κ3) is 18.5. The van der Waals surface area contributed by atoms with Gasteiger partial charge in [0, 0.05) is 0 Å². The molecule has 20 heavy (non-hydrogen) atoms. The highest BCUT2D eigenvalue weighted by molar-refractivity contribution is 8.06. The van der Waals surface area contributed by atoms with Crippen molar-refractivity contribution in [1.82, 2.24) is 0 Å². The van der Waals surface area contributed by atoms with Gasteiger partial charge in [0.05, 0.1) is 6.61 Å². The summed E-state index contributed by atoms with van der Waals surface area (Å²) < 4.78 is 4.77. The fourth-order valence-corrected chi connectivity index (χ4v) is 2.89. The van der Waals surface area contributed by atoms with Gasteiger partial charge in [0.25, 0.3) is 0 Å². The zero-order chi connectivity index (χ0) is 15.1. The van der Waals surface area contributed by atoms with Crippen molar-refractivity contribution in [3.63, 3.8) is 0 Å². The minimum absolute atomic E-state index is 0.377. The molecule has 0 bridgehead atoms. The molecule has 0 saturated carbocycles. The molecular weight excluding hydrogens is 291 g/mol. The Kier molecular flexibility index (Phi) is 14.8. The Bertz CT molecular complexity index is 243. The van der Waals surface area contributed by atoms with E-state index >= 15 is 0 Å². The third-order valence-corrected chi connectivity index (χ3v) is 4.34. The van der Waals surface area contributed by atoms with Crippen LogP contribution in [0.5, 0.6) is 0 Å². The summed E-state index contributed by atoms with van der Waals surface area (Å²) in [5.74, 6) is 0. The molecular formula is C15H33O3PS. The van der Waals surface area contributed by atoms with Gasteiger partial charge < -0.3 is 14.3 Å². The van der Waals surface area contributed by atoms with Crippen molar-refractivity contribution < 1.29 is 14.3 Å². The van der Waals surface area contributed by atoms with E-state index in [1.165, 1.54) is 70.6 Å². The number of rotatable bonds is 15. The molecule has 2 N–H and O–H groups in total. The van der Waals surface area contributed by atoms with Crippen molar-refractivity contribution in [2.75, 3.05) is 6.61 Å². The van der Waals surface area contributed by atoms with Crippen LogP contribution in [0, 0.1) is 0 Å². The summed E-state index contributed by atoms with van der Waals surface area (Å²) in [5, 5.41) is 0. The minimum atomic E-state index is -3.42. The first kappa shape index (κ1) is 20.5. The summed E-state index contributed by atoms with van der Waals surface area (Å²) in [4.78, 5) is 17.7. The van der Waals surface area contributed by atoms with Crippen LogP contribution in [0.3, 0.4) is 0 Å². The molecule has 3 nitrogen and oxygen atoms in total. The van der Waals surface area contributed by atoms with Gasteiger partial charge in [-0.3, -0.25) is 0 Å². The Labute approximate surface area is 130 Å². The highest BCUT2D eigenvalue weighted by atomic mass is 32.5. The zero-order valence-electron chi connectivity index (χ0n) is 13.1. The Balaban J connectivity index is 3.01. The van der Waals surface area contributed by atoms with Crippen LogP contribution in [0.15, 0.2) is 0 Å². The highest BCUT2D eigenvalue weighted by Crippen LogP contribution is 2.36. The van der Waals surface area contributed by atoms with Gasteiger partial charge in [0.2, 0.25) is 0 Å². The van der Waals surface area contributed by atoms with E-state index in [0.717, 1.165) is 12.8 Å². The van der Waals surface area contributed by atoms with E-state index in [-0.39, 0.29) is 0 Å². The lowest BCUT2D eigenvalue weighted by atomic mass is 10.0. The quantitative estimate of drug-likeness (QED) is 0.317. The first-order chi connectivity index (χ1) is 9.56. The smallest absolute Gasteiger partial charge is 0.321 e.